The third-order valence-corrected chi connectivity index (χ3v) is 3.03. The number of hydrogen-bond acceptors (Lipinski definition) is 4. The molecule has 2 aromatic rings. The summed E-state index contributed by atoms with van der Waals surface area (Å²) < 4.78 is 0. The molecule has 0 aliphatic carbocycles. The molecule has 0 aliphatic rings. The van der Waals surface area contributed by atoms with Gasteiger partial charge in [-0.05, 0) is 12.1 Å². The van der Waals surface area contributed by atoms with E-state index in [-0.39, 0.29) is 0 Å². The Morgan fingerprint density at radius 3 is 2.69 bits per heavy atom. The van der Waals surface area contributed by atoms with Crippen LogP contribution < -0.4 is 0 Å². The summed E-state index contributed by atoms with van der Waals surface area (Å²) >= 11 is 5.81. The average Bonchev–Trinajstić information content (AvgIpc) is 2.67. The van der Waals surface area contributed by atoms with Crippen molar-refractivity contribution in [3.05, 3.63) is 34.9 Å². The molecule has 0 spiro atoms. The zero-order valence-corrected chi connectivity index (χ0v) is 8.55. The van der Waals surface area contributed by atoms with Gasteiger partial charge in [-0.25, -0.2) is 4.98 Å². The fraction of sp³-hybridized carbons (Fsp3) is 0.111. The molecule has 2 rings (SSSR count). The van der Waals surface area contributed by atoms with Crippen LogP contribution in [0, 0.1) is 0 Å². The standard InChI is InChI=1S/C9H8N2S2/c12-5-9-11-8(6-13-9)7-1-3-10-4-2-7/h1-4,6,12H,5H2. The maximum Gasteiger partial charge on any atom is 0.103 e. The molecule has 0 atom stereocenters. The molecule has 66 valence electrons. The zero-order valence-electron chi connectivity index (χ0n) is 6.84. The second kappa shape index (κ2) is 3.89. The smallest absolute Gasteiger partial charge is 0.103 e. The summed E-state index contributed by atoms with van der Waals surface area (Å²) in [4.78, 5) is 8.37. The van der Waals surface area contributed by atoms with Crippen LogP contribution in [0.3, 0.4) is 0 Å². The zero-order chi connectivity index (χ0) is 9.10. The van der Waals surface area contributed by atoms with E-state index in [4.69, 9.17) is 0 Å². The van der Waals surface area contributed by atoms with Crippen molar-refractivity contribution in [1.29, 1.82) is 0 Å². The summed E-state index contributed by atoms with van der Waals surface area (Å²) in [6, 6.07) is 3.91. The molecule has 0 aromatic carbocycles. The van der Waals surface area contributed by atoms with Crippen LogP contribution in [0.4, 0.5) is 0 Å². The van der Waals surface area contributed by atoms with Crippen molar-refractivity contribution in [2.75, 3.05) is 0 Å². The van der Waals surface area contributed by atoms with Crippen LogP contribution >= 0.6 is 24.0 Å². The Hall–Kier alpha value is -0.870. The van der Waals surface area contributed by atoms with Crippen LogP contribution in [0.1, 0.15) is 5.01 Å². The summed E-state index contributed by atoms with van der Waals surface area (Å²) in [5.74, 6) is 0.704. The third-order valence-electron chi connectivity index (χ3n) is 1.66. The van der Waals surface area contributed by atoms with Crippen LogP contribution in [-0.4, -0.2) is 9.97 Å². The lowest BCUT2D eigenvalue weighted by molar-refractivity contribution is 1.26. The van der Waals surface area contributed by atoms with Crippen molar-refractivity contribution in [1.82, 2.24) is 9.97 Å². The van der Waals surface area contributed by atoms with Crippen molar-refractivity contribution in [2.24, 2.45) is 0 Å². The van der Waals surface area contributed by atoms with E-state index in [0.717, 1.165) is 16.3 Å². The maximum atomic E-state index is 4.41. The number of aromatic nitrogens is 2. The highest BCUT2D eigenvalue weighted by Gasteiger charge is 2.01. The van der Waals surface area contributed by atoms with Gasteiger partial charge in [0.1, 0.15) is 5.01 Å². The van der Waals surface area contributed by atoms with E-state index in [2.05, 4.69) is 22.6 Å². The molecular formula is C9H8N2S2. The van der Waals surface area contributed by atoms with Gasteiger partial charge >= 0.3 is 0 Å². The molecule has 0 unspecified atom stereocenters. The van der Waals surface area contributed by atoms with Gasteiger partial charge in [-0.2, -0.15) is 12.6 Å². The van der Waals surface area contributed by atoms with Gasteiger partial charge in [0.05, 0.1) is 5.69 Å². The van der Waals surface area contributed by atoms with Crippen LogP contribution in [0.25, 0.3) is 11.3 Å². The summed E-state index contributed by atoms with van der Waals surface area (Å²) in [7, 11) is 0. The molecule has 0 saturated heterocycles. The van der Waals surface area contributed by atoms with Gasteiger partial charge in [-0.3, -0.25) is 4.98 Å². The molecular weight excluding hydrogens is 200 g/mol. The van der Waals surface area contributed by atoms with E-state index >= 15 is 0 Å². The number of pyridine rings is 1. The Balaban J connectivity index is 2.36. The SMILES string of the molecule is SCc1nc(-c2ccncc2)cs1. The number of nitrogens with zero attached hydrogens (tertiary/aromatic N) is 2. The summed E-state index contributed by atoms with van der Waals surface area (Å²) in [5, 5.41) is 3.09. The number of hydrogen-bond donors (Lipinski definition) is 1. The fourth-order valence-corrected chi connectivity index (χ4v) is 2.00. The summed E-state index contributed by atoms with van der Waals surface area (Å²) in [6.45, 7) is 0. The van der Waals surface area contributed by atoms with E-state index in [1.807, 2.05) is 17.5 Å². The first-order valence-electron chi connectivity index (χ1n) is 3.86. The molecule has 0 bridgehead atoms. The van der Waals surface area contributed by atoms with Gasteiger partial charge in [0.25, 0.3) is 0 Å². The Bertz CT molecular complexity index is 384. The lowest BCUT2D eigenvalue weighted by atomic mass is 10.2. The monoisotopic (exact) mass is 208 g/mol. The number of thiol groups is 1. The molecule has 2 heterocycles. The molecule has 0 fully saturated rings. The third kappa shape index (κ3) is 1.89. The van der Waals surface area contributed by atoms with E-state index in [9.17, 15) is 0 Å². The maximum absolute atomic E-state index is 4.41. The van der Waals surface area contributed by atoms with E-state index in [1.54, 1.807) is 23.7 Å². The van der Waals surface area contributed by atoms with Crippen molar-refractivity contribution in [2.45, 2.75) is 5.75 Å². The summed E-state index contributed by atoms with van der Waals surface area (Å²) in [5.41, 5.74) is 2.12. The normalized spacial score (nSPS) is 10.2. The van der Waals surface area contributed by atoms with Crippen molar-refractivity contribution in [3.8, 4) is 11.3 Å². The van der Waals surface area contributed by atoms with E-state index < -0.39 is 0 Å². The molecule has 0 N–H and O–H groups in total. The lowest BCUT2D eigenvalue weighted by Gasteiger charge is -1.92. The van der Waals surface area contributed by atoms with Crippen molar-refractivity contribution < 1.29 is 0 Å². The van der Waals surface area contributed by atoms with Crippen LogP contribution in [-0.2, 0) is 5.75 Å². The molecule has 2 aromatic heterocycles. The predicted molar refractivity (Wildman–Crippen MR) is 58.0 cm³/mol. The first-order chi connectivity index (χ1) is 6.40. The Labute approximate surface area is 86.1 Å². The topological polar surface area (TPSA) is 25.8 Å². The largest absolute Gasteiger partial charge is 0.265 e. The highest BCUT2D eigenvalue weighted by Crippen LogP contribution is 2.21. The Morgan fingerprint density at radius 1 is 1.31 bits per heavy atom. The van der Waals surface area contributed by atoms with E-state index in [1.165, 1.54) is 0 Å². The van der Waals surface area contributed by atoms with Gasteiger partial charge in [-0.1, -0.05) is 0 Å². The van der Waals surface area contributed by atoms with Crippen LogP contribution in [0.5, 0.6) is 0 Å². The van der Waals surface area contributed by atoms with Gasteiger partial charge < -0.3 is 0 Å². The summed E-state index contributed by atoms with van der Waals surface area (Å²) in [6.07, 6.45) is 3.55. The average molecular weight is 208 g/mol. The van der Waals surface area contributed by atoms with Crippen molar-refractivity contribution in [3.63, 3.8) is 0 Å². The minimum Gasteiger partial charge on any atom is -0.265 e. The second-order valence-corrected chi connectivity index (χ2v) is 3.78. The molecule has 13 heavy (non-hydrogen) atoms. The second-order valence-electron chi connectivity index (χ2n) is 2.52. The highest BCUT2D eigenvalue weighted by atomic mass is 32.1. The lowest BCUT2D eigenvalue weighted by Crippen LogP contribution is -1.79. The first-order valence-corrected chi connectivity index (χ1v) is 5.37. The van der Waals surface area contributed by atoms with Crippen LogP contribution in [0.2, 0.25) is 0 Å². The van der Waals surface area contributed by atoms with Crippen molar-refractivity contribution >= 4 is 24.0 Å². The van der Waals surface area contributed by atoms with Gasteiger partial charge in [0.15, 0.2) is 0 Å². The number of thiazole rings is 1. The van der Waals surface area contributed by atoms with Gasteiger partial charge in [0, 0.05) is 29.1 Å². The molecule has 0 amide bonds. The number of rotatable bonds is 2. The molecule has 0 saturated carbocycles. The fourth-order valence-electron chi connectivity index (χ4n) is 1.04. The molecule has 0 radical (unpaired) electrons. The van der Waals surface area contributed by atoms with E-state index in [0.29, 0.717) is 5.75 Å². The molecule has 2 nitrogen and oxygen atoms in total. The molecule has 4 heteroatoms. The minimum absolute atomic E-state index is 0.704. The van der Waals surface area contributed by atoms with Gasteiger partial charge in [-0.15, -0.1) is 11.3 Å². The highest BCUT2D eigenvalue weighted by molar-refractivity contribution is 7.79. The van der Waals surface area contributed by atoms with Gasteiger partial charge in [0.2, 0.25) is 0 Å². The first kappa shape index (κ1) is 8.72. The molecule has 0 aliphatic heterocycles. The van der Waals surface area contributed by atoms with Crippen LogP contribution in [0.15, 0.2) is 29.9 Å². The Kier molecular flexibility index (Phi) is 2.61. The Morgan fingerprint density at radius 2 is 2.08 bits per heavy atom. The predicted octanol–water partition coefficient (Wildman–Crippen LogP) is 2.63. The quantitative estimate of drug-likeness (QED) is 0.768. The minimum atomic E-state index is 0.704.